The molecule has 0 amide bonds. The van der Waals surface area contributed by atoms with Crippen molar-refractivity contribution < 1.29 is 0 Å². The molecule has 0 saturated carbocycles. The van der Waals surface area contributed by atoms with Crippen LogP contribution in [0.25, 0.3) is 0 Å². The molecule has 1 unspecified atom stereocenters. The van der Waals surface area contributed by atoms with E-state index in [2.05, 4.69) is 41.2 Å². The quantitative estimate of drug-likeness (QED) is 0.782. The fourth-order valence-electron chi connectivity index (χ4n) is 2.00. The fraction of sp³-hybridized carbons (Fsp3) is 0.333. The smallest absolute Gasteiger partial charge is 0.0406 e. The maximum Gasteiger partial charge on any atom is 0.0406 e. The molecule has 2 aromatic rings. The Kier molecular flexibility index (Phi) is 5.24. The van der Waals surface area contributed by atoms with Crippen LogP contribution in [0.2, 0.25) is 5.02 Å². The fourth-order valence-corrected chi connectivity index (χ4v) is 2.80. The van der Waals surface area contributed by atoms with Gasteiger partial charge in [0.1, 0.15) is 0 Å². The van der Waals surface area contributed by atoms with Gasteiger partial charge in [0.15, 0.2) is 0 Å². The van der Waals surface area contributed by atoms with Crippen molar-refractivity contribution in [1.82, 2.24) is 5.32 Å². The zero-order valence-corrected chi connectivity index (χ0v) is 12.1. The Bertz CT molecular complexity index is 450. The van der Waals surface area contributed by atoms with Crippen molar-refractivity contribution >= 4 is 22.9 Å². The highest BCUT2D eigenvalue weighted by molar-refractivity contribution is 7.07. The van der Waals surface area contributed by atoms with E-state index in [4.69, 9.17) is 11.6 Å². The molecule has 0 bridgehead atoms. The van der Waals surface area contributed by atoms with Gasteiger partial charge in [-0.2, -0.15) is 11.3 Å². The lowest BCUT2D eigenvalue weighted by molar-refractivity contribution is 0.494. The molecule has 3 heteroatoms. The predicted molar refractivity (Wildman–Crippen MR) is 80.3 cm³/mol. The number of rotatable bonds is 6. The molecule has 1 heterocycles. The summed E-state index contributed by atoms with van der Waals surface area (Å²) >= 11 is 7.68. The number of hydrogen-bond donors (Lipinski definition) is 1. The molecule has 0 saturated heterocycles. The Morgan fingerprint density at radius 1 is 1.22 bits per heavy atom. The van der Waals surface area contributed by atoms with Crippen LogP contribution in [0.4, 0.5) is 0 Å². The standard InChI is InChI=1S/C15H18ClNS/c1-2-3-15(13-4-6-14(16)7-5-13)17-10-12-8-9-18-11-12/h4-9,11,15,17H,2-3,10H2,1H3. The van der Waals surface area contributed by atoms with Gasteiger partial charge in [-0.05, 0) is 46.5 Å². The highest BCUT2D eigenvalue weighted by atomic mass is 35.5. The van der Waals surface area contributed by atoms with Gasteiger partial charge in [-0.15, -0.1) is 0 Å². The highest BCUT2D eigenvalue weighted by Gasteiger charge is 2.09. The van der Waals surface area contributed by atoms with Gasteiger partial charge in [-0.3, -0.25) is 0 Å². The second-order valence-electron chi connectivity index (χ2n) is 4.41. The molecule has 0 fully saturated rings. The van der Waals surface area contributed by atoms with E-state index in [1.807, 2.05) is 12.1 Å². The molecule has 0 aliphatic rings. The van der Waals surface area contributed by atoms with Crippen molar-refractivity contribution in [2.45, 2.75) is 32.4 Å². The lowest BCUT2D eigenvalue weighted by atomic mass is 10.0. The molecular weight excluding hydrogens is 262 g/mol. The summed E-state index contributed by atoms with van der Waals surface area (Å²) in [5.74, 6) is 0. The monoisotopic (exact) mass is 279 g/mol. The number of benzene rings is 1. The van der Waals surface area contributed by atoms with Crippen molar-refractivity contribution in [1.29, 1.82) is 0 Å². The third kappa shape index (κ3) is 3.84. The highest BCUT2D eigenvalue weighted by Crippen LogP contribution is 2.21. The van der Waals surface area contributed by atoms with Crippen molar-refractivity contribution in [3.05, 3.63) is 57.2 Å². The topological polar surface area (TPSA) is 12.0 Å². The van der Waals surface area contributed by atoms with Crippen LogP contribution in [0.1, 0.15) is 36.9 Å². The molecule has 0 radical (unpaired) electrons. The zero-order valence-electron chi connectivity index (χ0n) is 10.5. The van der Waals surface area contributed by atoms with Gasteiger partial charge >= 0.3 is 0 Å². The van der Waals surface area contributed by atoms with Gasteiger partial charge < -0.3 is 5.32 Å². The summed E-state index contributed by atoms with van der Waals surface area (Å²) in [6.45, 7) is 3.14. The first kappa shape index (κ1) is 13.6. The van der Waals surface area contributed by atoms with Gasteiger partial charge in [0.25, 0.3) is 0 Å². The van der Waals surface area contributed by atoms with Crippen LogP contribution in [-0.4, -0.2) is 0 Å². The molecule has 2 rings (SSSR count). The Morgan fingerprint density at radius 2 is 2.00 bits per heavy atom. The van der Waals surface area contributed by atoms with Crippen LogP contribution >= 0.6 is 22.9 Å². The van der Waals surface area contributed by atoms with Crippen molar-refractivity contribution in [3.63, 3.8) is 0 Å². The molecule has 18 heavy (non-hydrogen) atoms. The minimum atomic E-state index is 0.409. The molecule has 1 aromatic heterocycles. The Hall–Kier alpha value is -0.830. The second-order valence-corrected chi connectivity index (χ2v) is 5.62. The number of hydrogen-bond acceptors (Lipinski definition) is 2. The average Bonchev–Trinajstić information content (AvgIpc) is 2.89. The molecular formula is C15H18ClNS. The van der Waals surface area contributed by atoms with Crippen LogP contribution in [0.15, 0.2) is 41.1 Å². The Morgan fingerprint density at radius 3 is 2.61 bits per heavy atom. The van der Waals surface area contributed by atoms with Crippen LogP contribution in [0.3, 0.4) is 0 Å². The van der Waals surface area contributed by atoms with Gasteiger partial charge in [-0.25, -0.2) is 0 Å². The second kappa shape index (κ2) is 6.93. The van der Waals surface area contributed by atoms with Gasteiger partial charge in [0.2, 0.25) is 0 Å². The van der Waals surface area contributed by atoms with E-state index in [-0.39, 0.29) is 0 Å². The summed E-state index contributed by atoms with van der Waals surface area (Å²) in [6, 6.07) is 10.7. The van der Waals surface area contributed by atoms with Crippen molar-refractivity contribution in [3.8, 4) is 0 Å². The summed E-state index contributed by atoms with van der Waals surface area (Å²) in [5.41, 5.74) is 2.67. The van der Waals surface area contributed by atoms with Crippen molar-refractivity contribution in [2.75, 3.05) is 0 Å². The first-order valence-corrected chi connectivity index (χ1v) is 7.61. The van der Waals surface area contributed by atoms with Crippen LogP contribution < -0.4 is 5.32 Å². The molecule has 0 aliphatic carbocycles. The predicted octanol–water partition coefficient (Wildman–Crippen LogP) is 5.03. The van der Waals surface area contributed by atoms with Gasteiger partial charge in [0.05, 0.1) is 0 Å². The van der Waals surface area contributed by atoms with Gasteiger partial charge in [-0.1, -0.05) is 37.1 Å². The third-order valence-electron chi connectivity index (χ3n) is 2.98. The van der Waals surface area contributed by atoms with E-state index in [0.717, 1.165) is 18.0 Å². The third-order valence-corrected chi connectivity index (χ3v) is 3.97. The van der Waals surface area contributed by atoms with Gasteiger partial charge in [0, 0.05) is 17.6 Å². The van der Waals surface area contributed by atoms with E-state index >= 15 is 0 Å². The van der Waals surface area contributed by atoms with Crippen molar-refractivity contribution in [2.24, 2.45) is 0 Å². The molecule has 96 valence electrons. The maximum absolute atomic E-state index is 5.93. The summed E-state index contributed by atoms with van der Waals surface area (Å²) in [7, 11) is 0. The van der Waals surface area contributed by atoms with Crippen LogP contribution in [0.5, 0.6) is 0 Å². The summed E-state index contributed by atoms with van der Waals surface area (Å²) in [6.07, 6.45) is 2.32. The zero-order chi connectivity index (χ0) is 12.8. The maximum atomic E-state index is 5.93. The normalized spacial score (nSPS) is 12.6. The first-order chi connectivity index (χ1) is 8.79. The van der Waals surface area contributed by atoms with E-state index in [9.17, 15) is 0 Å². The molecule has 1 atom stereocenters. The molecule has 0 aliphatic heterocycles. The molecule has 1 nitrogen and oxygen atoms in total. The lowest BCUT2D eigenvalue weighted by Crippen LogP contribution is -2.20. The Balaban J connectivity index is 2.01. The minimum absolute atomic E-state index is 0.409. The molecule has 1 N–H and O–H groups in total. The summed E-state index contributed by atoms with van der Waals surface area (Å²) in [5, 5.41) is 8.73. The summed E-state index contributed by atoms with van der Waals surface area (Å²) in [4.78, 5) is 0. The van der Waals surface area contributed by atoms with E-state index < -0.39 is 0 Å². The number of thiophene rings is 1. The Labute approximate surface area is 118 Å². The molecule has 1 aromatic carbocycles. The van der Waals surface area contributed by atoms with Crippen LogP contribution in [-0.2, 0) is 6.54 Å². The molecule has 0 spiro atoms. The first-order valence-electron chi connectivity index (χ1n) is 6.29. The minimum Gasteiger partial charge on any atom is -0.306 e. The largest absolute Gasteiger partial charge is 0.306 e. The average molecular weight is 280 g/mol. The lowest BCUT2D eigenvalue weighted by Gasteiger charge is -2.18. The van der Waals surface area contributed by atoms with E-state index in [1.165, 1.54) is 17.5 Å². The van der Waals surface area contributed by atoms with E-state index in [1.54, 1.807) is 11.3 Å². The van der Waals surface area contributed by atoms with E-state index in [0.29, 0.717) is 6.04 Å². The number of nitrogens with one attached hydrogen (secondary N) is 1. The van der Waals surface area contributed by atoms with Crippen LogP contribution in [0, 0.1) is 0 Å². The summed E-state index contributed by atoms with van der Waals surface area (Å²) < 4.78 is 0. The number of halogens is 1. The SMILES string of the molecule is CCCC(NCc1ccsc1)c1ccc(Cl)cc1.